The second-order valence-electron chi connectivity index (χ2n) is 4.69. The van der Waals surface area contributed by atoms with Gasteiger partial charge in [-0.3, -0.25) is 20.4 Å². The molecule has 0 unspecified atom stereocenters. The number of hydrogen-bond donors (Lipinski definition) is 4. The van der Waals surface area contributed by atoms with Crippen LogP contribution in [0.1, 0.15) is 10.4 Å². The average Bonchev–Trinajstić information content (AvgIpc) is 2.58. The van der Waals surface area contributed by atoms with Crippen molar-refractivity contribution in [2.24, 2.45) is 0 Å². The molecule has 0 atom stereocenters. The van der Waals surface area contributed by atoms with E-state index in [2.05, 4.69) is 21.5 Å². The average molecular weight is 363 g/mol. The highest BCUT2D eigenvalue weighted by molar-refractivity contribution is 7.80. The minimum Gasteiger partial charge on any atom is -0.343 e. The lowest BCUT2D eigenvalue weighted by molar-refractivity contribution is -0.120. The van der Waals surface area contributed by atoms with Crippen molar-refractivity contribution in [2.45, 2.75) is 0 Å². The summed E-state index contributed by atoms with van der Waals surface area (Å²) in [5, 5.41) is 6.13. The summed E-state index contributed by atoms with van der Waals surface area (Å²) >= 11 is 10.9. The molecule has 0 radical (unpaired) electrons. The highest BCUT2D eigenvalue weighted by atomic mass is 35.5. The Labute approximate surface area is 149 Å². The highest BCUT2D eigenvalue weighted by Crippen LogP contribution is 2.14. The van der Waals surface area contributed by atoms with Crippen LogP contribution in [0.2, 0.25) is 5.02 Å². The monoisotopic (exact) mass is 362 g/mol. The molecule has 8 heteroatoms. The Morgan fingerprint density at radius 2 is 1.75 bits per heavy atom. The van der Waals surface area contributed by atoms with Crippen LogP contribution in [0.5, 0.6) is 0 Å². The smallest absolute Gasteiger partial charge is 0.257 e. The third-order valence-electron chi connectivity index (χ3n) is 2.84. The van der Waals surface area contributed by atoms with Crippen molar-refractivity contribution in [1.82, 2.24) is 16.2 Å². The quantitative estimate of drug-likeness (QED) is 0.494. The summed E-state index contributed by atoms with van der Waals surface area (Å²) in [6.07, 6.45) is 0. The Balaban J connectivity index is 1.71. The van der Waals surface area contributed by atoms with Crippen LogP contribution in [0.15, 0.2) is 54.6 Å². The van der Waals surface area contributed by atoms with E-state index in [1.165, 1.54) is 0 Å². The molecule has 0 aliphatic heterocycles. The van der Waals surface area contributed by atoms with Gasteiger partial charge in [0.15, 0.2) is 5.11 Å². The molecule has 0 aliphatic rings. The summed E-state index contributed by atoms with van der Waals surface area (Å²) in [5.74, 6) is -0.764. The summed E-state index contributed by atoms with van der Waals surface area (Å²) < 4.78 is 0. The number of amides is 2. The Kier molecular flexibility index (Phi) is 6.53. The van der Waals surface area contributed by atoms with Crippen LogP contribution in [0.25, 0.3) is 0 Å². The largest absolute Gasteiger partial charge is 0.343 e. The molecule has 0 heterocycles. The number of thiocarbonyl (C=S) groups is 1. The Morgan fingerprint density at radius 1 is 1.00 bits per heavy atom. The fourth-order valence-corrected chi connectivity index (χ4v) is 2.11. The number of carbonyl (C=O) groups is 2. The molecule has 0 aromatic heterocycles. The Morgan fingerprint density at radius 3 is 2.46 bits per heavy atom. The second-order valence-corrected chi connectivity index (χ2v) is 5.53. The van der Waals surface area contributed by atoms with E-state index in [0.29, 0.717) is 16.3 Å². The molecule has 0 spiro atoms. The van der Waals surface area contributed by atoms with Crippen molar-refractivity contribution in [3.8, 4) is 0 Å². The first-order valence-electron chi connectivity index (χ1n) is 6.99. The van der Waals surface area contributed by atoms with E-state index in [9.17, 15) is 9.59 Å². The third kappa shape index (κ3) is 5.86. The van der Waals surface area contributed by atoms with Crippen LogP contribution in [0.3, 0.4) is 0 Å². The van der Waals surface area contributed by atoms with Crippen LogP contribution in [-0.2, 0) is 4.79 Å². The van der Waals surface area contributed by atoms with Crippen LogP contribution >= 0.6 is 23.8 Å². The molecule has 2 aromatic rings. The first-order chi connectivity index (χ1) is 11.5. The van der Waals surface area contributed by atoms with Gasteiger partial charge in [0, 0.05) is 16.3 Å². The first kappa shape index (κ1) is 17.7. The molecular formula is C16H15ClN4O2S. The molecule has 124 valence electrons. The molecule has 2 aromatic carbocycles. The molecular weight excluding hydrogens is 348 g/mol. The number of rotatable bonds is 4. The van der Waals surface area contributed by atoms with Gasteiger partial charge in [-0.05, 0) is 42.5 Å². The van der Waals surface area contributed by atoms with Crippen molar-refractivity contribution in [3.05, 3.63) is 65.2 Å². The van der Waals surface area contributed by atoms with E-state index in [1.807, 2.05) is 0 Å². The van der Waals surface area contributed by atoms with Crippen molar-refractivity contribution in [2.75, 3.05) is 11.9 Å². The van der Waals surface area contributed by atoms with E-state index in [4.69, 9.17) is 23.8 Å². The number of nitrogens with one attached hydrogen (secondary N) is 4. The summed E-state index contributed by atoms with van der Waals surface area (Å²) in [6.45, 7) is -0.180. The van der Waals surface area contributed by atoms with Gasteiger partial charge in [0.25, 0.3) is 11.8 Å². The van der Waals surface area contributed by atoms with Gasteiger partial charge in [0.05, 0.1) is 6.54 Å². The molecule has 0 aliphatic carbocycles. The topological polar surface area (TPSA) is 82.3 Å². The molecule has 24 heavy (non-hydrogen) atoms. The summed E-state index contributed by atoms with van der Waals surface area (Å²) in [5.41, 5.74) is 6.09. The minimum absolute atomic E-state index is 0.180. The second kappa shape index (κ2) is 8.85. The fourth-order valence-electron chi connectivity index (χ4n) is 1.75. The maximum atomic E-state index is 11.8. The minimum atomic E-state index is -0.436. The normalized spacial score (nSPS) is 9.71. The number of halogens is 1. The van der Waals surface area contributed by atoms with Gasteiger partial charge < -0.3 is 10.6 Å². The van der Waals surface area contributed by atoms with Crippen molar-refractivity contribution < 1.29 is 9.59 Å². The fraction of sp³-hybridized carbons (Fsp3) is 0.0625. The standard InChI is InChI=1S/C16H15ClN4O2S/c17-12-7-4-8-13(9-12)19-16(24)21-20-14(22)10-18-15(23)11-5-2-1-3-6-11/h1-9H,10H2,(H,18,23)(H,20,22)(H2,19,21,24). The SMILES string of the molecule is O=C(CNC(=O)c1ccccc1)NNC(=S)Nc1cccc(Cl)c1. The third-order valence-corrected chi connectivity index (χ3v) is 3.28. The van der Waals surface area contributed by atoms with Gasteiger partial charge in [-0.15, -0.1) is 0 Å². The van der Waals surface area contributed by atoms with Gasteiger partial charge >= 0.3 is 0 Å². The van der Waals surface area contributed by atoms with Crippen molar-refractivity contribution >= 4 is 46.4 Å². The van der Waals surface area contributed by atoms with E-state index in [0.717, 1.165) is 0 Å². The number of anilines is 1. The van der Waals surface area contributed by atoms with E-state index < -0.39 is 5.91 Å². The predicted octanol–water partition coefficient (Wildman–Crippen LogP) is 2.09. The molecule has 2 rings (SSSR count). The Hall–Kier alpha value is -2.64. The van der Waals surface area contributed by atoms with Gasteiger partial charge in [0.2, 0.25) is 0 Å². The molecule has 2 amide bonds. The lowest BCUT2D eigenvalue weighted by atomic mass is 10.2. The zero-order chi connectivity index (χ0) is 17.4. The molecule has 0 bridgehead atoms. The zero-order valence-electron chi connectivity index (χ0n) is 12.5. The van der Waals surface area contributed by atoms with E-state index in [1.54, 1.807) is 54.6 Å². The van der Waals surface area contributed by atoms with E-state index >= 15 is 0 Å². The van der Waals surface area contributed by atoms with Crippen LogP contribution < -0.4 is 21.5 Å². The lowest BCUT2D eigenvalue weighted by Gasteiger charge is -2.12. The molecule has 0 fully saturated rings. The maximum absolute atomic E-state index is 11.8. The summed E-state index contributed by atoms with van der Waals surface area (Å²) in [6, 6.07) is 15.6. The Bertz CT molecular complexity index is 740. The number of hydrazine groups is 1. The maximum Gasteiger partial charge on any atom is 0.257 e. The molecule has 0 saturated carbocycles. The van der Waals surface area contributed by atoms with E-state index in [-0.39, 0.29) is 17.6 Å². The highest BCUT2D eigenvalue weighted by Gasteiger charge is 2.07. The number of carbonyl (C=O) groups excluding carboxylic acids is 2. The molecule has 0 saturated heterocycles. The van der Waals surface area contributed by atoms with Crippen molar-refractivity contribution in [3.63, 3.8) is 0 Å². The van der Waals surface area contributed by atoms with Gasteiger partial charge in [-0.2, -0.15) is 0 Å². The molecule has 4 N–H and O–H groups in total. The van der Waals surface area contributed by atoms with Gasteiger partial charge in [0.1, 0.15) is 0 Å². The van der Waals surface area contributed by atoms with Crippen LogP contribution in [-0.4, -0.2) is 23.5 Å². The lowest BCUT2D eigenvalue weighted by Crippen LogP contribution is -2.47. The van der Waals surface area contributed by atoms with Crippen LogP contribution in [0.4, 0.5) is 5.69 Å². The summed E-state index contributed by atoms with van der Waals surface area (Å²) in [7, 11) is 0. The molecule has 6 nitrogen and oxygen atoms in total. The predicted molar refractivity (Wildman–Crippen MR) is 97.7 cm³/mol. The van der Waals surface area contributed by atoms with Gasteiger partial charge in [-0.25, -0.2) is 0 Å². The van der Waals surface area contributed by atoms with Crippen LogP contribution in [0, 0.1) is 0 Å². The zero-order valence-corrected chi connectivity index (χ0v) is 14.1. The van der Waals surface area contributed by atoms with Crippen molar-refractivity contribution in [1.29, 1.82) is 0 Å². The summed E-state index contributed by atoms with van der Waals surface area (Å²) in [4.78, 5) is 23.5. The number of hydrogen-bond acceptors (Lipinski definition) is 3. The first-order valence-corrected chi connectivity index (χ1v) is 7.78. The van der Waals surface area contributed by atoms with Gasteiger partial charge in [-0.1, -0.05) is 35.9 Å². The number of benzene rings is 2.